The molecule has 134 valence electrons. The maximum absolute atomic E-state index is 5.74. The van der Waals surface area contributed by atoms with Gasteiger partial charge in [0.05, 0.1) is 6.54 Å². The summed E-state index contributed by atoms with van der Waals surface area (Å²) in [6.45, 7) is 12.4. The van der Waals surface area contributed by atoms with Gasteiger partial charge in [-0.3, -0.25) is 9.89 Å². The average molecular weight is 332 g/mol. The van der Waals surface area contributed by atoms with Crippen LogP contribution in [-0.2, 0) is 0 Å². The summed E-state index contributed by atoms with van der Waals surface area (Å²) in [5, 5.41) is 6.89. The van der Waals surface area contributed by atoms with E-state index in [9.17, 15) is 0 Å². The van der Waals surface area contributed by atoms with Gasteiger partial charge < -0.3 is 15.4 Å². The lowest BCUT2D eigenvalue weighted by Crippen LogP contribution is -2.47. The Kier molecular flexibility index (Phi) is 6.91. The molecule has 5 nitrogen and oxygen atoms in total. The first-order chi connectivity index (χ1) is 11.5. The molecular weight excluding hydrogens is 300 g/mol. The van der Waals surface area contributed by atoms with E-state index in [4.69, 9.17) is 4.74 Å². The first-order valence-corrected chi connectivity index (χ1v) is 8.90. The number of hydrogen-bond donors (Lipinski definition) is 2. The molecule has 0 saturated carbocycles. The summed E-state index contributed by atoms with van der Waals surface area (Å²) in [5.41, 5.74) is 1.24. The first-order valence-electron chi connectivity index (χ1n) is 8.90. The number of guanidine groups is 1. The normalized spacial score (nSPS) is 22.0. The predicted octanol–water partition coefficient (Wildman–Crippen LogP) is 2.27. The van der Waals surface area contributed by atoms with Gasteiger partial charge in [-0.25, -0.2) is 0 Å². The van der Waals surface area contributed by atoms with Crippen LogP contribution in [0.3, 0.4) is 0 Å². The van der Waals surface area contributed by atoms with Crippen molar-refractivity contribution in [1.82, 2.24) is 15.5 Å². The highest BCUT2D eigenvalue weighted by Crippen LogP contribution is 2.18. The van der Waals surface area contributed by atoms with Gasteiger partial charge in [0.25, 0.3) is 0 Å². The van der Waals surface area contributed by atoms with Crippen molar-refractivity contribution in [1.29, 1.82) is 0 Å². The van der Waals surface area contributed by atoms with Crippen molar-refractivity contribution in [3.05, 3.63) is 29.8 Å². The van der Waals surface area contributed by atoms with Gasteiger partial charge in [-0.05, 0) is 38.8 Å². The molecule has 1 aromatic carbocycles. The summed E-state index contributed by atoms with van der Waals surface area (Å²) in [5.74, 6) is 2.38. The van der Waals surface area contributed by atoms with Crippen LogP contribution in [0, 0.1) is 12.8 Å². The number of nitrogens with zero attached hydrogens (tertiary/aromatic N) is 2. The zero-order valence-electron chi connectivity index (χ0n) is 15.7. The topological polar surface area (TPSA) is 48.9 Å². The Hall–Kier alpha value is -1.75. The van der Waals surface area contributed by atoms with Crippen LogP contribution >= 0.6 is 0 Å². The van der Waals surface area contributed by atoms with E-state index in [0.717, 1.165) is 31.3 Å². The van der Waals surface area contributed by atoms with Gasteiger partial charge in [0, 0.05) is 32.2 Å². The molecule has 0 radical (unpaired) electrons. The van der Waals surface area contributed by atoms with Crippen molar-refractivity contribution in [2.45, 2.75) is 39.8 Å². The van der Waals surface area contributed by atoms with Crippen LogP contribution in [0.5, 0.6) is 5.75 Å². The largest absolute Gasteiger partial charge is 0.492 e. The lowest BCUT2D eigenvalue weighted by molar-refractivity contribution is 0.265. The van der Waals surface area contributed by atoms with Gasteiger partial charge in [0.2, 0.25) is 0 Å². The van der Waals surface area contributed by atoms with Crippen molar-refractivity contribution in [3.63, 3.8) is 0 Å². The monoisotopic (exact) mass is 332 g/mol. The van der Waals surface area contributed by atoms with Gasteiger partial charge in [-0.1, -0.05) is 24.6 Å². The Labute approximate surface area is 146 Å². The second-order valence-corrected chi connectivity index (χ2v) is 6.94. The minimum Gasteiger partial charge on any atom is -0.492 e. The summed E-state index contributed by atoms with van der Waals surface area (Å²) >= 11 is 0. The number of ether oxygens (including phenoxy) is 1. The number of nitrogens with one attached hydrogen (secondary N) is 2. The summed E-state index contributed by atoms with van der Waals surface area (Å²) in [6, 6.07) is 9.16. The molecule has 5 heteroatoms. The fourth-order valence-electron chi connectivity index (χ4n) is 2.96. The lowest BCUT2D eigenvalue weighted by Gasteiger charge is -2.22. The van der Waals surface area contributed by atoms with Crippen molar-refractivity contribution >= 4 is 5.96 Å². The number of hydrogen-bond acceptors (Lipinski definition) is 3. The quantitative estimate of drug-likeness (QED) is 0.477. The Balaban J connectivity index is 1.72. The number of aliphatic imine (C=N–C) groups is 1. The highest BCUT2D eigenvalue weighted by molar-refractivity contribution is 5.80. The third-order valence-corrected chi connectivity index (χ3v) is 4.60. The van der Waals surface area contributed by atoms with Gasteiger partial charge in [0.1, 0.15) is 12.4 Å². The molecule has 2 N–H and O–H groups in total. The molecule has 0 bridgehead atoms. The zero-order chi connectivity index (χ0) is 17.5. The van der Waals surface area contributed by atoms with Gasteiger partial charge >= 0.3 is 0 Å². The van der Waals surface area contributed by atoms with E-state index in [0.29, 0.717) is 24.6 Å². The second-order valence-electron chi connectivity index (χ2n) is 6.94. The molecule has 0 aromatic heterocycles. The average Bonchev–Trinajstić information content (AvgIpc) is 2.93. The van der Waals surface area contributed by atoms with Crippen molar-refractivity contribution in [2.24, 2.45) is 10.9 Å². The van der Waals surface area contributed by atoms with Crippen molar-refractivity contribution in [2.75, 3.05) is 33.3 Å². The van der Waals surface area contributed by atoms with Crippen LogP contribution in [0.4, 0.5) is 0 Å². The third-order valence-electron chi connectivity index (χ3n) is 4.60. The van der Waals surface area contributed by atoms with Crippen LogP contribution in [0.2, 0.25) is 0 Å². The molecule has 1 heterocycles. The van der Waals surface area contributed by atoms with Gasteiger partial charge in [-0.15, -0.1) is 0 Å². The number of likely N-dealkylation sites (tertiary alicyclic amines) is 1. The molecule has 1 aliphatic heterocycles. The van der Waals surface area contributed by atoms with E-state index < -0.39 is 0 Å². The van der Waals surface area contributed by atoms with Crippen LogP contribution < -0.4 is 15.4 Å². The van der Waals surface area contributed by atoms with Crippen molar-refractivity contribution in [3.8, 4) is 5.75 Å². The lowest BCUT2D eigenvalue weighted by atomic mass is 10.1. The predicted molar refractivity (Wildman–Crippen MR) is 101 cm³/mol. The fraction of sp³-hybridized carbons (Fsp3) is 0.632. The highest BCUT2D eigenvalue weighted by atomic mass is 16.5. The number of aryl methyl sites for hydroxylation is 1. The smallest absolute Gasteiger partial charge is 0.191 e. The summed E-state index contributed by atoms with van der Waals surface area (Å²) in [4.78, 5) is 6.84. The first kappa shape index (κ1) is 18.6. The summed E-state index contributed by atoms with van der Waals surface area (Å²) in [7, 11) is 1.82. The van der Waals surface area contributed by atoms with E-state index >= 15 is 0 Å². The Morgan fingerprint density at radius 1 is 1.29 bits per heavy atom. The molecule has 2 unspecified atom stereocenters. The minimum atomic E-state index is 0.441. The van der Waals surface area contributed by atoms with Crippen molar-refractivity contribution < 1.29 is 4.74 Å². The number of benzene rings is 1. The van der Waals surface area contributed by atoms with Crippen LogP contribution in [0.1, 0.15) is 26.3 Å². The summed E-state index contributed by atoms with van der Waals surface area (Å²) in [6.07, 6.45) is 0. The molecule has 0 aliphatic carbocycles. The van der Waals surface area contributed by atoms with E-state index in [2.05, 4.69) is 60.4 Å². The summed E-state index contributed by atoms with van der Waals surface area (Å²) < 4.78 is 5.74. The van der Waals surface area contributed by atoms with Gasteiger partial charge in [0.15, 0.2) is 5.96 Å². The van der Waals surface area contributed by atoms with Gasteiger partial charge in [-0.2, -0.15) is 0 Å². The van der Waals surface area contributed by atoms with E-state index in [1.807, 2.05) is 19.2 Å². The third kappa shape index (κ3) is 5.41. The molecule has 0 spiro atoms. The Bertz CT molecular complexity index is 527. The highest BCUT2D eigenvalue weighted by Gasteiger charge is 2.31. The fourth-order valence-corrected chi connectivity index (χ4v) is 2.96. The second kappa shape index (κ2) is 8.92. The standard InChI is InChI=1S/C19H32N4O/c1-14(2)23-12-16(4)18(13-23)22-19(20-5)21-10-11-24-17-8-6-15(3)7-9-17/h6-9,14,16,18H,10-13H2,1-5H3,(H2,20,21,22). The molecule has 1 aliphatic rings. The Morgan fingerprint density at radius 2 is 2.00 bits per heavy atom. The molecule has 2 rings (SSSR count). The Morgan fingerprint density at radius 3 is 2.58 bits per heavy atom. The molecule has 1 fully saturated rings. The SMILES string of the molecule is CN=C(NCCOc1ccc(C)cc1)NC1CN(C(C)C)CC1C. The molecule has 24 heavy (non-hydrogen) atoms. The zero-order valence-corrected chi connectivity index (χ0v) is 15.7. The number of rotatable bonds is 6. The molecule has 1 saturated heterocycles. The van der Waals surface area contributed by atoms with E-state index in [1.54, 1.807) is 0 Å². The van der Waals surface area contributed by atoms with Crippen LogP contribution in [0.15, 0.2) is 29.3 Å². The maximum Gasteiger partial charge on any atom is 0.191 e. The van der Waals surface area contributed by atoms with Crippen LogP contribution in [0.25, 0.3) is 0 Å². The molecule has 1 aromatic rings. The van der Waals surface area contributed by atoms with Crippen LogP contribution in [-0.4, -0.2) is 56.2 Å². The molecule has 2 atom stereocenters. The van der Waals surface area contributed by atoms with E-state index in [1.165, 1.54) is 5.56 Å². The molecule has 0 amide bonds. The maximum atomic E-state index is 5.74. The molecular formula is C19H32N4O. The van der Waals surface area contributed by atoms with E-state index in [-0.39, 0.29) is 0 Å². The minimum absolute atomic E-state index is 0.441.